The van der Waals surface area contributed by atoms with Crippen LogP contribution in [0.5, 0.6) is 11.5 Å². The Morgan fingerprint density at radius 1 is 1.04 bits per heavy atom. The highest BCUT2D eigenvalue weighted by Gasteiger charge is 2.24. The number of hydrogen-bond acceptors (Lipinski definition) is 5. The molecule has 0 unspecified atom stereocenters. The number of carbonyl (C=O) groups excluding carboxylic acids is 1. The molecule has 0 spiro atoms. The number of nitrogens with zero attached hydrogens (tertiary/aromatic N) is 1. The summed E-state index contributed by atoms with van der Waals surface area (Å²) < 4.78 is 28.6. The molecule has 0 fully saturated rings. The number of benzene rings is 2. The van der Waals surface area contributed by atoms with Crippen LogP contribution in [0.2, 0.25) is 0 Å². The van der Waals surface area contributed by atoms with Crippen LogP contribution in [-0.2, 0) is 9.53 Å². The SMILES string of the molecule is O=C1OC(c2ccc(F)cc2)=N/C1=C\c1ccc2c(c1)OCO2. The molecule has 0 N–H and O–H groups in total. The van der Waals surface area contributed by atoms with Gasteiger partial charge < -0.3 is 14.2 Å². The van der Waals surface area contributed by atoms with Gasteiger partial charge in [-0.15, -0.1) is 0 Å². The number of fused-ring (bicyclic) bond motifs is 1. The highest BCUT2D eigenvalue weighted by Crippen LogP contribution is 2.33. The molecule has 0 saturated heterocycles. The smallest absolute Gasteiger partial charge is 0.363 e. The maximum absolute atomic E-state index is 12.9. The minimum absolute atomic E-state index is 0.155. The van der Waals surface area contributed by atoms with E-state index in [1.807, 2.05) is 0 Å². The van der Waals surface area contributed by atoms with Crippen LogP contribution >= 0.6 is 0 Å². The first kappa shape index (κ1) is 13.5. The average molecular weight is 311 g/mol. The van der Waals surface area contributed by atoms with Gasteiger partial charge in [0.1, 0.15) is 5.82 Å². The molecule has 2 aromatic rings. The Morgan fingerprint density at radius 3 is 2.65 bits per heavy atom. The zero-order valence-electron chi connectivity index (χ0n) is 11.8. The van der Waals surface area contributed by atoms with E-state index in [1.54, 1.807) is 24.3 Å². The fraction of sp³-hybridized carbons (Fsp3) is 0.0588. The van der Waals surface area contributed by atoms with Crippen LogP contribution < -0.4 is 9.47 Å². The number of esters is 1. The van der Waals surface area contributed by atoms with Crippen molar-refractivity contribution >= 4 is 17.9 Å². The van der Waals surface area contributed by atoms with Gasteiger partial charge in [-0.25, -0.2) is 14.2 Å². The van der Waals surface area contributed by atoms with Crippen molar-refractivity contribution in [2.75, 3.05) is 6.79 Å². The Kier molecular flexibility index (Phi) is 3.08. The molecule has 0 aliphatic carbocycles. The van der Waals surface area contributed by atoms with E-state index < -0.39 is 5.97 Å². The van der Waals surface area contributed by atoms with Crippen molar-refractivity contribution in [3.05, 3.63) is 65.1 Å². The van der Waals surface area contributed by atoms with Crippen molar-refractivity contribution in [1.82, 2.24) is 0 Å². The summed E-state index contributed by atoms with van der Waals surface area (Å²) in [5.74, 6) is 0.517. The lowest BCUT2D eigenvalue weighted by Gasteiger charge is -1.98. The number of halogens is 1. The molecule has 23 heavy (non-hydrogen) atoms. The second-order valence-electron chi connectivity index (χ2n) is 4.96. The average Bonchev–Trinajstić information content (AvgIpc) is 3.15. The van der Waals surface area contributed by atoms with Gasteiger partial charge in [0.25, 0.3) is 0 Å². The minimum atomic E-state index is -0.554. The zero-order chi connectivity index (χ0) is 15.8. The molecule has 114 valence electrons. The summed E-state index contributed by atoms with van der Waals surface area (Å²) in [5, 5.41) is 0. The lowest BCUT2D eigenvalue weighted by atomic mass is 10.1. The maximum atomic E-state index is 12.9. The quantitative estimate of drug-likeness (QED) is 0.632. The van der Waals surface area contributed by atoms with Crippen LogP contribution in [0.1, 0.15) is 11.1 Å². The number of ether oxygens (including phenoxy) is 3. The molecule has 0 atom stereocenters. The molecule has 2 aliphatic heterocycles. The molecule has 2 aliphatic rings. The predicted octanol–water partition coefficient (Wildman–Crippen LogP) is 2.90. The number of aliphatic imine (C=N–C) groups is 1. The molecule has 0 amide bonds. The summed E-state index contributed by atoms with van der Waals surface area (Å²) >= 11 is 0. The van der Waals surface area contributed by atoms with Crippen LogP contribution in [0.4, 0.5) is 4.39 Å². The molecule has 5 nitrogen and oxygen atoms in total. The van der Waals surface area contributed by atoms with Gasteiger partial charge in [-0.05, 0) is 48.0 Å². The van der Waals surface area contributed by atoms with Gasteiger partial charge in [-0.2, -0.15) is 0 Å². The molecule has 6 heteroatoms. The second-order valence-corrected chi connectivity index (χ2v) is 4.96. The molecule has 2 aromatic carbocycles. The molecular weight excluding hydrogens is 301 g/mol. The van der Waals surface area contributed by atoms with Gasteiger partial charge in [0, 0.05) is 5.56 Å². The van der Waals surface area contributed by atoms with Gasteiger partial charge in [0.15, 0.2) is 17.2 Å². The summed E-state index contributed by atoms with van der Waals surface area (Å²) in [6.07, 6.45) is 1.60. The van der Waals surface area contributed by atoms with E-state index in [1.165, 1.54) is 24.3 Å². The lowest BCUT2D eigenvalue weighted by Crippen LogP contribution is -2.05. The number of carbonyl (C=O) groups is 1. The van der Waals surface area contributed by atoms with Crippen LogP contribution in [-0.4, -0.2) is 18.7 Å². The Labute approximate surface area is 130 Å². The summed E-state index contributed by atoms with van der Waals surface area (Å²) in [4.78, 5) is 16.1. The molecule has 4 rings (SSSR count). The highest BCUT2D eigenvalue weighted by molar-refractivity contribution is 6.12. The van der Waals surface area contributed by atoms with Gasteiger partial charge in [-0.1, -0.05) is 6.07 Å². The van der Waals surface area contributed by atoms with Gasteiger partial charge in [-0.3, -0.25) is 0 Å². The first-order chi connectivity index (χ1) is 11.2. The molecule has 0 saturated carbocycles. The third-order valence-corrected chi connectivity index (χ3v) is 3.41. The minimum Gasteiger partial charge on any atom is -0.454 e. The zero-order valence-corrected chi connectivity index (χ0v) is 11.8. The van der Waals surface area contributed by atoms with Gasteiger partial charge >= 0.3 is 5.97 Å². The van der Waals surface area contributed by atoms with Crippen molar-refractivity contribution < 1.29 is 23.4 Å². The monoisotopic (exact) mass is 311 g/mol. The Hall–Kier alpha value is -3.15. The Morgan fingerprint density at radius 2 is 1.83 bits per heavy atom. The van der Waals surface area contributed by atoms with E-state index in [4.69, 9.17) is 14.2 Å². The van der Waals surface area contributed by atoms with E-state index in [2.05, 4.69) is 4.99 Å². The van der Waals surface area contributed by atoms with E-state index in [-0.39, 0.29) is 24.2 Å². The van der Waals surface area contributed by atoms with Gasteiger partial charge in [0.05, 0.1) is 0 Å². The summed E-state index contributed by atoms with van der Waals surface area (Å²) in [6.45, 7) is 0.185. The predicted molar refractivity (Wildman–Crippen MR) is 79.6 cm³/mol. The summed E-state index contributed by atoms with van der Waals surface area (Å²) in [5.41, 5.74) is 1.45. The fourth-order valence-electron chi connectivity index (χ4n) is 2.29. The normalized spacial score (nSPS) is 17.3. The Bertz CT molecular complexity index is 855. The largest absolute Gasteiger partial charge is 0.454 e. The first-order valence-corrected chi connectivity index (χ1v) is 6.87. The van der Waals surface area contributed by atoms with E-state index >= 15 is 0 Å². The molecular formula is C17H10FNO4. The van der Waals surface area contributed by atoms with Crippen molar-refractivity contribution in [3.8, 4) is 11.5 Å². The van der Waals surface area contributed by atoms with Crippen LogP contribution in [0.25, 0.3) is 6.08 Å². The Balaban J connectivity index is 1.65. The standard InChI is InChI=1S/C17H10FNO4/c18-12-4-2-11(3-5-12)16-19-13(17(20)23-16)7-10-1-6-14-15(8-10)22-9-21-14/h1-8H,9H2/b13-7-. The van der Waals surface area contributed by atoms with Crippen LogP contribution in [0.3, 0.4) is 0 Å². The number of hydrogen-bond donors (Lipinski definition) is 0. The van der Waals surface area contributed by atoms with Crippen molar-refractivity contribution in [3.63, 3.8) is 0 Å². The number of rotatable bonds is 2. The van der Waals surface area contributed by atoms with Crippen molar-refractivity contribution in [2.45, 2.75) is 0 Å². The number of cyclic esters (lactones) is 1. The third kappa shape index (κ3) is 2.55. The van der Waals surface area contributed by atoms with Crippen LogP contribution in [0, 0.1) is 5.82 Å². The van der Waals surface area contributed by atoms with Crippen LogP contribution in [0.15, 0.2) is 53.2 Å². The van der Waals surface area contributed by atoms with E-state index in [9.17, 15) is 9.18 Å². The topological polar surface area (TPSA) is 57.1 Å². The molecule has 0 aromatic heterocycles. The summed E-state index contributed by atoms with van der Waals surface area (Å²) in [7, 11) is 0. The summed E-state index contributed by atoms with van der Waals surface area (Å²) in [6, 6.07) is 10.9. The second kappa shape index (κ2) is 5.24. The maximum Gasteiger partial charge on any atom is 0.363 e. The lowest BCUT2D eigenvalue weighted by molar-refractivity contribution is -0.129. The molecule has 2 heterocycles. The van der Waals surface area contributed by atoms with Crippen molar-refractivity contribution in [1.29, 1.82) is 0 Å². The van der Waals surface area contributed by atoms with Crippen molar-refractivity contribution in [2.24, 2.45) is 4.99 Å². The fourth-order valence-corrected chi connectivity index (χ4v) is 2.29. The molecule has 0 radical (unpaired) electrons. The first-order valence-electron chi connectivity index (χ1n) is 6.87. The highest BCUT2D eigenvalue weighted by atomic mass is 19.1. The van der Waals surface area contributed by atoms with E-state index in [0.29, 0.717) is 17.1 Å². The van der Waals surface area contributed by atoms with Gasteiger partial charge in [0.2, 0.25) is 12.7 Å². The molecule has 0 bridgehead atoms. The third-order valence-electron chi connectivity index (χ3n) is 3.41. The van der Waals surface area contributed by atoms with E-state index in [0.717, 1.165) is 5.56 Å².